The van der Waals surface area contributed by atoms with Gasteiger partial charge in [0, 0.05) is 31.0 Å². The summed E-state index contributed by atoms with van der Waals surface area (Å²) in [6.07, 6.45) is 1.82. The number of morpholine rings is 1. The van der Waals surface area contributed by atoms with E-state index in [-0.39, 0.29) is 12.0 Å². The summed E-state index contributed by atoms with van der Waals surface area (Å²) in [5.74, 6) is -0.0732. The topological polar surface area (TPSA) is 62.4 Å². The molecule has 0 aromatic heterocycles. The van der Waals surface area contributed by atoms with Crippen LogP contribution in [0.15, 0.2) is 18.2 Å². The van der Waals surface area contributed by atoms with Crippen LogP contribution in [0.1, 0.15) is 12.0 Å². The Balaban J connectivity index is 1.67. The van der Waals surface area contributed by atoms with Crippen LogP contribution in [0.2, 0.25) is 0 Å². The predicted octanol–water partition coefficient (Wildman–Crippen LogP) is 0.972. The second kappa shape index (κ2) is 5.59. The fourth-order valence-electron chi connectivity index (χ4n) is 2.51. The summed E-state index contributed by atoms with van der Waals surface area (Å²) in [6, 6.07) is 6.02. The molecule has 5 nitrogen and oxygen atoms in total. The number of hydrogen-bond acceptors (Lipinski definition) is 4. The normalized spacial score (nSPS) is 22.2. The minimum atomic E-state index is -0.386. The number of amides is 1. The molecule has 0 saturated carbocycles. The lowest BCUT2D eigenvalue weighted by molar-refractivity contribution is -0.128. The van der Waals surface area contributed by atoms with E-state index >= 15 is 0 Å². The van der Waals surface area contributed by atoms with Gasteiger partial charge in [0.05, 0.1) is 6.61 Å². The third kappa shape index (κ3) is 2.88. The van der Waals surface area contributed by atoms with Gasteiger partial charge in [0.2, 0.25) is 0 Å². The zero-order valence-corrected chi connectivity index (χ0v) is 10.9. The van der Waals surface area contributed by atoms with Crippen molar-refractivity contribution in [3.63, 3.8) is 0 Å². The van der Waals surface area contributed by atoms with Crippen molar-refractivity contribution in [3.05, 3.63) is 23.8 Å². The van der Waals surface area contributed by atoms with E-state index in [4.69, 9.17) is 4.74 Å². The van der Waals surface area contributed by atoms with E-state index in [1.165, 1.54) is 11.3 Å². The number of benzene rings is 1. The van der Waals surface area contributed by atoms with E-state index in [2.05, 4.69) is 22.0 Å². The van der Waals surface area contributed by atoms with Crippen LogP contribution in [0.5, 0.6) is 0 Å². The van der Waals surface area contributed by atoms with Crippen molar-refractivity contribution in [2.75, 3.05) is 36.9 Å². The molecule has 19 heavy (non-hydrogen) atoms. The fraction of sp³-hybridized carbons (Fsp3) is 0.500. The van der Waals surface area contributed by atoms with Crippen LogP contribution < -0.4 is 16.0 Å². The van der Waals surface area contributed by atoms with E-state index < -0.39 is 0 Å². The highest BCUT2D eigenvalue weighted by Crippen LogP contribution is 2.25. The smallest absolute Gasteiger partial charge is 0.254 e. The van der Waals surface area contributed by atoms with Crippen LogP contribution >= 0.6 is 0 Å². The quantitative estimate of drug-likeness (QED) is 0.742. The molecule has 1 amide bonds. The summed E-state index contributed by atoms with van der Waals surface area (Å²) >= 11 is 0. The van der Waals surface area contributed by atoms with Crippen LogP contribution in [-0.2, 0) is 16.0 Å². The van der Waals surface area contributed by atoms with Gasteiger partial charge < -0.3 is 20.7 Å². The second-order valence-electron chi connectivity index (χ2n) is 4.96. The average molecular weight is 261 g/mol. The van der Waals surface area contributed by atoms with Crippen molar-refractivity contribution in [2.24, 2.45) is 0 Å². The average Bonchev–Trinajstić information content (AvgIpc) is 2.48. The number of anilines is 2. The van der Waals surface area contributed by atoms with Crippen molar-refractivity contribution in [1.82, 2.24) is 5.32 Å². The van der Waals surface area contributed by atoms with Gasteiger partial charge in [0.1, 0.15) is 6.10 Å². The molecule has 1 atom stereocenters. The standard InChI is InChI=1S/C14H19N3O2/c18-14(13-9-15-6-7-19-13)17-11-3-4-12-10(8-11)2-1-5-16-12/h3-4,8,13,15-16H,1-2,5-7,9H2,(H,17,18). The molecule has 2 heterocycles. The Morgan fingerprint density at radius 3 is 3.16 bits per heavy atom. The summed E-state index contributed by atoms with van der Waals surface area (Å²) in [7, 11) is 0. The lowest BCUT2D eigenvalue weighted by Crippen LogP contribution is -2.45. The maximum Gasteiger partial charge on any atom is 0.254 e. The van der Waals surface area contributed by atoms with Gasteiger partial charge in [-0.2, -0.15) is 0 Å². The number of nitrogens with one attached hydrogen (secondary N) is 3. The number of carbonyl (C=O) groups excluding carboxylic acids is 1. The Morgan fingerprint density at radius 1 is 1.37 bits per heavy atom. The molecule has 0 bridgehead atoms. The summed E-state index contributed by atoms with van der Waals surface area (Å²) < 4.78 is 5.44. The Morgan fingerprint density at radius 2 is 2.32 bits per heavy atom. The summed E-state index contributed by atoms with van der Waals surface area (Å²) in [5.41, 5.74) is 3.30. The van der Waals surface area contributed by atoms with E-state index in [1.54, 1.807) is 0 Å². The van der Waals surface area contributed by atoms with Gasteiger partial charge in [0.15, 0.2) is 0 Å². The number of fused-ring (bicyclic) bond motifs is 1. The van der Waals surface area contributed by atoms with Crippen molar-refractivity contribution in [3.8, 4) is 0 Å². The molecule has 0 aliphatic carbocycles. The Hall–Kier alpha value is -1.59. The van der Waals surface area contributed by atoms with Crippen LogP contribution in [-0.4, -0.2) is 38.3 Å². The molecule has 2 aliphatic heterocycles. The van der Waals surface area contributed by atoms with Crippen molar-refractivity contribution in [2.45, 2.75) is 18.9 Å². The summed E-state index contributed by atoms with van der Waals surface area (Å²) in [4.78, 5) is 12.0. The van der Waals surface area contributed by atoms with Crippen LogP contribution in [0.25, 0.3) is 0 Å². The molecule has 0 spiro atoms. The van der Waals surface area contributed by atoms with E-state index in [1.807, 2.05) is 12.1 Å². The molecule has 0 radical (unpaired) electrons. The Labute approximate surface area is 112 Å². The van der Waals surface area contributed by atoms with E-state index in [0.717, 1.165) is 31.6 Å². The maximum absolute atomic E-state index is 12.0. The van der Waals surface area contributed by atoms with E-state index in [9.17, 15) is 4.79 Å². The van der Waals surface area contributed by atoms with Crippen LogP contribution in [0, 0.1) is 0 Å². The van der Waals surface area contributed by atoms with Crippen molar-refractivity contribution >= 4 is 17.3 Å². The number of carbonyl (C=O) groups is 1. The highest BCUT2D eigenvalue weighted by molar-refractivity contribution is 5.94. The third-order valence-electron chi connectivity index (χ3n) is 3.53. The van der Waals surface area contributed by atoms with Gasteiger partial charge in [0.25, 0.3) is 5.91 Å². The number of ether oxygens (including phenoxy) is 1. The monoisotopic (exact) mass is 261 g/mol. The van der Waals surface area contributed by atoms with Gasteiger partial charge in [-0.3, -0.25) is 4.79 Å². The maximum atomic E-state index is 12.0. The molecule has 1 aromatic rings. The molecule has 3 rings (SSSR count). The summed E-state index contributed by atoms with van der Waals surface area (Å²) in [5, 5.41) is 9.44. The minimum absolute atomic E-state index is 0.0732. The lowest BCUT2D eigenvalue weighted by atomic mass is 10.0. The number of aryl methyl sites for hydroxylation is 1. The van der Waals surface area contributed by atoms with Crippen LogP contribution in [0.4, 0.5) is 11.4 Å². The molecular weight excluding hydrogens is 242 g/mol. The first-order valence-corrected chi connectivity index (χ1v) is 6.83. The van der Waals surface area contributed by atoms with Crippen molar-refractivity contribution in [1.29, 1.82) is 0 Å². The first kappa shape index (κ1) is 12.4. The van der Waals surface area contributed by atoms with Gasteiger partial charge in [-0.25, -0.2) is 0 Å². The molecule has 1 aromatic carbocycles. The van der Waals surface area contributed by atoms with Gasteiger partial charge >= 0.3 is 0 Å². The molecule has 3 N–H and O–H groups in total. The van der Waals surface area contributed by atoms with Gasteiger partial charge in [-0.15, -0.1) is 0 Å². The fourth-order valence-corrected chi connectivity index (χ4v) is 2.51. The highest BCUT2D eigenvalue weighted by atomic mass is 16.5. The molecular formula is C14H19N3O2. The molecule has 5 heteroatoms. The second-order valence-corrected chi connectivity index (χ2v) is 4.96. The predicted molar refractivity (Wildman–Crippen MR) is 74.5 cm³/mol. The molecule has 1 fully saturated rings. The highest BCUT2D eigenvalue weighted by Gasteiger charge is 2.22. The zero-order chi connectivity index (χ0) is 13.1. The van der Waals surface area contributed by atoms with Crippen molar-refractivity contribution < 1.29 is 9.53 Å². The number of hydrogen-bond donors (Lipinski definition) is 3. The van der Waals surface area contributed by atoms with E-state index in [0.29, 0.717) is 13.2 Å². The third-order valence-corrected chi connectivity index (χ3v) is 3.53. The molecule has 1 unspecified atom stereocenters. The minimum Gasteiger partial charge on any atom is -0.385 e. The molecule has 102 valence electrons. The Bertz CT molecular complexity index is 470. The zero-order valence-electron chi connectivity index (χ0n) is 10.9. The first-order valence-electron chi connectivity index (χ1n) is 6.83. The SMILES string of the molecule is O=C(Nc1ccc2c(c1)CCCN2)C1CNCCO1. The number of rotatable bonds is 2. The largest absolute Gasteiger partial charge is 0.385 e. The van der Waals surface area contributed by atoms with Gasteiger partial charge in [-0.1, -0.05) is 0 Å². The first-order chi connectivity index (χ1) is 9.33. The molecule has 2 aliphatic rings. The molecule has 1 saturated heterocycles. The Kier molecular flexibility index (Phi) is 3.66. The lowest BCUT2D eigenvalue weighted by Gasteiger charge is -2.23. The van der Waals surface area contributed by atoms with Gasteiger partial charge in [-0.05, 0) is 36.6 Å². The summed E-state index contributed by atoms with van der Waals surface area (Å²) in [6.45, 7) is 3.01. The van der Waals surface area contributed by atoms with Crippen LogP contribution in [0.3, 0.4) is 0 Å².